The third-order valence-corrected chi connectivity index (χ3v) is 2.05. The Morgan fingerprint density at radius 3 is 2.80 bits per heavy atom. The number of benzene rings is 1. The quantitative estimate of drug-likeness (QED) is 0.813. The Kier molecular flexibility index (Phi) is 4.65. The topological polar surface area (TPSA) is 35.2 Å². The smallest absolute Gasteiger partial charge is 0.162 e. The van der Waals surface area contributed by atoms with Gasteiger partial charge in [0.15, 0.2) is 11.6 Å². The van der Waals surface area contributed by atoms with Crippen molar-refractivity contribution in [3.05, 3.63) is 35.4 Å². The summed E-state index contributed by atoms with van der Waals surface area (Å²) in [6, 6.07) is 3.79. The summed E-state index contributed by atoms with van der Waals surface area (Å²) < 4.78 is 31.1. The number of hydrogen-bond donors (Lipinski definition) is 1. The van der Waals surface area contributed by atoms with Crippen LogP contribution < -0.4 is 5.73 Å². The minimum absolute atomic E-state index is 0.281. The van der Waals surface area contributed by atoms with Gasteiger partial charge in [-0.2, -0.15) is 0 Å². The van der Waals surface area contributed by atoms with Crippen molar-refractivity contribution in [3.63, 3.8) is 0 Å². The molecule has 0 aromatic heterocycles. The van der Waals surface area contributed by atoms with Crippen molar-refractivity contribution in [2.24, 2.45) is 5.73 Å². The van der Waals surface area contributed by atoms with Gasteiger partial charge in [-0.25, -0.2) is 8.78 Å². The van der Waals surface area contributed by atoms with Crippen molar-refractivity contribution in [2.45, 2.75) is 19.4 Å². The zero-order valence-corrected chi connectivity index (χ0v) is 8.67. The molecule has 1 aromatic rings. The maximum Gasteiger partial charge on any atom is 0.162 e. The van der Waals surface area contributed by atoms with Gasteiger partial charge in [0, 0.05) is 12.6 Å². The van der Waals surface area contributed by atoms with Crippen LogP contribution in [0.4, 0.5) is 8.78 Å². The van der Waals surface area contributed by atoms with Gasteiger partial charge in [0.05, 0.1) is 6.61 Å². The highest BCUT2D eigenvalue weighted by molar-refractivity contribution is 5.19. The third-order valence-electron chi connectivity index (χ3n) is 2.05. The fraction of sp³-hybridized carbons (Fsp3) is 0.455. The second-order valence-corrected chi connectivity index (χ2v) is 3.34. The molecule has 0 bridgehead atoms. The molecule has 1 rings (SSSR count). The maximum absolute atomic E-state index is 13.2. The van der Waals surface area contributed by atoms with Gasteiger partial charge in [0.1, 0.15) is 0 Å². The summed E-state index contributed by atoms with van der Waals surface area (Å²) in [4.78, 5) is 0. The fourth-order valence-electron chi connectivity index (χ4n) is 1.32. The molecule has 0 spiro atoms. The first-order chi connectivity index (χ1) is 7.15. The maximum atomic E-state index is 13.2. The lowest BCUT2D eigenvalue weighted by molar-refractivity contribution is 0.133. The first-order valence-electron chi connectivity index (χ1n) is 4.91. The number of hydrogen-bond acceptors (Lipinski definition) is 2. The van der Waals surface area contributed by atoms with E-state index in [1.165, 1.54) is 12.1 Å². The first kappa shape index (κ1) is 12.1. The summed E-state index contributed by atoms with van der Waals surface area (Å²) in [5, 5.41) is 0. The number of rotatable bonds is 5. The van der Waals surface area contributed by atoms with Crippen LogP contribution in [0, 0.1) is 11.6 Å². The van der Waals surface area contributed by atoms with Gasteiger partial charge in [-0.15, -0.1) is 0 Å². The molecule has 1 aromatic carbocycles. The largest absolute Gasteiger partial charge is 0.380 e. The van der Waals surface area contributed by atoms with E-state index >= 15 is 0 Å². The average Bonchev–Trinajstić information content (AvgIpc) is 2.22. The Bertz CT molecular complexity index is 317. The molecule has 0 saturated heterocycles. The normalized spacial score (nSPS) is 12.8. The summed E-state index contributed by atoms with van der Waals surface area (Å²) in [6.07, 6.45) is 0.281. The molecule has 0 aliphatic heterocycles. The Morgan fingerprint density at radius 2 is 2.13 bits per heavy atom. The molecule has 0 heterocycles. The monoisotopic (exact) mass is 215 g/mol. The average molecular weight is 215 g/mol. The lowest BCUT2D eigenvalue weighted by atomic mass is 10.1. The molecule has 4 heteroatoms. The lowest BCUT2D eigenvalue weighted by Crippen LogP contribution is -2.29. The molecule has 2 nitrogen and oxygen atoms in total. The molecule has 0 amide bonds. The van der Waals surface area contributed by atoms with Crippen LogP contribution in [-0.2, 0) is 11.2 Å². The minimum atomic E-state index is -0.837. The highest BCUT2D eigenvalue weighted by Gasteiger charge is 2.11. The molecule has 0 radical (unpaired) electrons. The molecule has 84 valence electrons. The van der Waals surface area contributed by atoms with E-state index in [1.54, 1.807) is 0 Å². The first-order valence-corrected chi connectivity index (χ1v) is 4.91. The van der Waals surface area contributed by atoms with Gasteiger partial charge in [0.2, 0.25) is 0 Å². The zero-order valence-electron chi connectivity index (χ0n) is 8.67. The van der Waals surface area contributed by atoms with Crippen molar-refractivity contribution >= 4 is 0 Å². The molecule has 0 aliphatic carbocycles. The van der Waals surface area contributed by atoms with Gasteiger partial charge in [-0.05, 0) is 25.0 Å². The van der Waals surface area contributed by atoms with Crippen molar-refractivity contribution in [3.8, 4) is 0 Å². The molecule has 1 atom stereocenters. The Morgan fingerprint density at radius 1 is 1.40 bits per heavy atom. The van der Waals surface area contributed by atoms with Gasteiger partial charge >= 0.3 is 0 Å². The number of halogens is 2. The molecule has 15 heavy (non-hydrogen) atoms. The van der Waals surface area contributed by atoms with Gasteiger partial charge in [0.25, 0.3) is 0 Å². The van der Waals surface area contributed by atoms with Crippen LogP contribution >= 0.6 is 0 Å². The second kappa shape index (κ2) is 5.78. The van der Waals surface area contributed by atoms with Crippen molar-refractivity contribution in [1.29, 1.82) is 0 Å². The van der Waals surface area contributed by atoms with Gasteiger partial charge in [-0.3, -0.25) is 0 Å². The van der Waals surface area contributed by atoms with Crippen LogP contribution in [0.15, 0.2) is 18.2 Å². The number of ether oxygens (including phenoxy) is 1. The summed E-state index contributed by atoms with van der Waals surface area (Å²) in [5.74, 6) is -1.65. The summed E-state index contributed by atoms with van der Waals surface area (Å²) in [7, 11) is 0. The Hall–Kier alpha value is -1.00. The minimum Gasteiger partial charge on any atom is -0.380 e. The van der Waals surface area contributed by atoms with Crippen LogP contribution in [0.2, 0.25) is 0 Å². The Labute approximate surface area is 88.0 Å². The SMILES string of the molecule is CCOCC(N)Cc1cccc(F)c1F. The molecule has 0 aliphatic rings. The lowest BCUT2D eigenvalue weighted by Gasteiger charge is -2.12. The molecule has 0 saturated carbocycles. The number of nitrogens with two attached hydrogens (primary N) is 1. The van der Waals surface area contributed by atoms with E-state index in [2.05, 4.69) is 0 Å². The standard InChI is InChI=1S/C11H15F2NO/c1-2-15-7-9(14)6-8-4-3-5-10(12)11(8)13/h3-5,9H,2,6-7,14H2,1H3. The molecule has 2 N–H and O–H groups in total. The van der Waals surface area contributed by atoms with Crippen LogP contribution in [0.5, 0.6) is 0 Å². The van der Waals surface area contributed by atoms with Crippen LogP contribution in [-0.4, -0.2) is 19.3 Å². The Balaban J connectivity index is 2.60. The van der Waals surface area contributed by atoms with Gasteiger partial charge < -0.3 is 10.5 Å². The summed E-state index contributed by atoms with van der Waals surface area (Å²) in [5.41, 5.74) is 5.99. The van der Waals surface area contributed by atoms with Crippen molar-refractivity contribution in [1.82, 2.24) is 0 Å². The van der Waals surface area contributed by atoms with Crippen LogP contribution in [0.3, 0.4) is 0 Å². The van der Waals surface area contributed by atoms with E-state index in [-0.39, 0.29) is 12.5 Å². The van der Waals surface area contributed by atoms with E-state index in [4.69, 9.17) is 10.5 Å². The van der Waals surface area contributed by atoms with E-state index in [0.29, 0.717) is 18.8 Å². The van der Waals surface area contributed by atoms with Crippen molar-refractivity contribution < 1.29 is 13.5 Å². The van der Waals surface area contributed by atoms with Crippen LogP contribution in [0.1, 0.15) is 12.5 Å². The predicted molar refractivity (Wildman–Crippen MR) is 54.5 cm³/mol. The summed E-state index contributed by atoms with van der Waals surface area (Å²) in [6.45, 7) is 2.78. The fourth-order valence-corrected chi connectivity index (χ4v) is 1.32. The highest BCUT2D eigenvalue weighted by atomic mass is 19.2. The summed E-state index contributed by atoms with van der Waals surface area (Å²) >= 11 is 0. The van der Waals surface area contributed by atoms with E-state index in [9.17, 15) is 8.78 Å². The third kappa shape index (κ3) is 3.57. The van der Waals surface area contributed by atoms with E-state index in [0.717, 1.165) is 6.07 Å². The van der Waals surface area contributed by atoms with Crippen LogP contribution in [0.25, 0.3) is 0 Å². The highest BCUT2D eigenvalue weighted by Crippen LogP contribution is 2.12. The molecule has 0 fully saturated rings. The van der Waals surface area contributed by atoms with E-state index in [1.807, 2.05) is 6.92 Å². The second-order valence-electron chi connectivity index (χ2n) is 3.34. The predicted octanol–water partition coefficient (Wildman–Crippen LogP) is 1.87. The molecular formula is C11H15F2NO. The molecular weight excluding hydrogens is 200 g/mol. The van der Waals surface area contributed by atoms with Crippen molar-refractivity contribution in [2.75, 3.05) is 13.2 Å². The zero-order chi connectivity index (χ0) is 11.3. The van der Waals surface area contributed by atoms with E-state index < -0.39 is 11.6 Å². The molecule has 1 unspecified atom stereocenters. The van der Waals surface area contributed by atoms with Gasteiger partial charge in [-0.1, -0.05) is 12.1 Å².